The Kier molecular flexibility index (Phi) is 4.67. The van der Waals surface area contributed by atoms with Crippen molar-refractivity contribution in [3.8, 4) is 17.2 Å². The normalized spacial score (nSPS) is 12.5. The summed E-state index contributed by atoms with van der Waals surface area (Å²) in [6, 6.07) is 7.89. The molecule has 130 valence electrons. The second kappa shape index (κ2) is 6.90. The standard InChI is InChI=1S/C17H15ClN2O5/c1-23-13-7-14(24-2)12(6-10(13)18)20-17(22)9-3-4-11-15(5-9)25-8-16(21)19-11/h3-7H,8H2,1-2H3,(H,19,21)(H,20,22). The number of anilines is 2. The van der Waals surface area contributed by atoms with Crippen molar-refractivity contribution in [3.63, 3.8) is 0 Å². The molecule has 2 amide bonds. The Bertz CT molecular complexity index is 853. The highest BCUT2D eigenvalue weighted by Crippen LogP contribution is 2.36. The van der Waals surface area contributed by atoms with Gasteiger partial charge in [0.2, 0.25) is 0 Å². The van der Waals surface area contributed by atoms with Crippen molar-refractivity contribution in [1.82, 2.24) is 0 Å². The van der Waals surface area contributed by atoms with Gasteiger partial charge in [-0.2, -0.15) is 0 Å². The summed E-state index contributed by atoms with van der Waals surface area (Å²) < 4.78 is 15.7. The molecular formula is C17H15ClN2O5. The van der Waals surface area contributed by atoms with Gasteiger partial charge in [0, 0.05) is 11.6 Å². The summed E-state index contributed by atoms with van der Waals surface area (Å²) in [4.78, 5) is 23.8. The van der Waals surface area contributed by atoms with Gasteiger partial charge in [-0.05, 0) is 24.3 Å². The first-order valence-corrected chi connectivity index (χ1v) is 7.69. The lowest BCUT2D eigenvalue weighted by molar-refractivity contribution is -0.118. The number of rotatable bonds is 4. The zero-order chi connectivity index (χ0) is 18.0. The van der Waals surface area contributed by atoms with Gasteiger partial charge in [-0.1, -0.05) is 11.6 Å². The monoisotopic (exact) mass is 362 g/mol. The molecule has 1 heterocycles. The maximum absolute atomic E-state index is 12.5. The molecule has 7 nitrogen and oxygen atoms in total. The molecule has 1 aliphatic rings. The Labute approximate surface area is 148 Å². The topological polar surface area (TPSA) is 85.9 Å². The van der Waals surface area contributed by atoms with Crippen molar-refractivity contribution in [2.24, 2.45) is 0 Å². The Morgan fingerprint density at radius 1 is 1.20 bits per heavy atom. The second-order valence-electron chi connectivity index (χ2n) is 5.19. The number of amides is 2. The van der Waals surface area contributed by atoms with Crippen molar-refractivity contribution in [2.75, 3.05) is 31.5 Å². The van der Waals surface area contributed by atoms with Gasteiger partial charge in [-0.15, -0.1) is 0 Å². The van der Waals surface area contributed by atoms with Gasteiger partial charge in [0.15, 0.2) is 6.61 Å². The molecule has 3 rings (SSSR count). The zero-order valence-corrected chi connectivity index (χ0v) is 14.3. The summed E-state index contributed by atoms with van der Waals surface area (Å²) in [6.07, 6.45) is 0. The Morgan fingerprint density at radius 3 is 2.68 bits per heavy atom. The summed E-state index contributed by atoms with van der Waals surface area (Å²) in [6.45, 7) is -0.0834. The summed E-state index contributed by atoms with van der Waals surface area (Å²) in [5, 5.41) is 5.75. The molecule has 2 aromatic rings. The molecule has 0 radical (unpaired) electrons. The van der Waals surface area contributed by atoms with E-state index < -0.39 is 0 Å². The van der Waals surface area contributed by atoms with E-state index in [0.717, 1.165) is 0 Å². The first-order valence-electron chi connectivity index (χ1n) is 7.31. The van der Waals surface area contributed by atoms with E-state index in [9.17, 15) is 9.59 Å². The fourth-order valence-electron chi connectivity index (χ4n) is 2.37. The molecular weight excluding hydrogens is 348 g/mol. The number of benzene rings is 2. The first kappa shape index (κ1) is 16.9. The number of ether oxygens (including phenoxy) is 3. The molecule has 0 saturated heterocycles. The molecule has 0 aliphatic carbocycles. The average Bonchev–Trinajstić information content (AvgIpc) is 2.61. The minimum absolute atomic E-state index is 0.0834. The molecule has 0 bridgehead atoms. The van der Waals surface area contributed by atoms with Gasteiger partial charge in [0.25, 0.3) is 11.8 Å². The van der Waals surface area contributed by atoms with Gasteiger partial charge in [0.1, 0.15) is 17.2 Å². The SMILES string of the molecule is COc1cc(OC)c(NC(=O)c2ccc3c(c2)OCC(=O)N3)cc1Cl. The summed E-state index contributed by atoms with van der Waals surface area (Å²) in [5.41, 5.74) is 1.30. The molecule has 25 heavy (non-hydrogen) atoms. The second-order valence-corrected chi connectivity index (χ2v) is 5.60. The Balaban J connectivity index is 1.85. The maximum atomic E-state index is 12.5. The molecule has 0 fully saturated rings. The molecule has 0 saturated carbocycles. The summed E-state index contributed by atoms with van der Waals surface area (Å²) in [7, 11) is 2.97. The molecule has 0 spiro atoms. The number of nitrogens with one attached hydrogen (secondary N) is 2. The van der Waals surface area contributed by atoms with Crippen LogP contribution in [0.3, 0.4) is 0 Å². The molecule has 2 N–H and O–H groups in total. The van der Waals surface area contributed by atoms with E-state index in [1.165, 1.54) is 14.2 Å². The van der Waals surface area contributed by atoms with E-state index in [4.69, 9.17) is 25.8 Å². The fourth-order valence-corrected chi connectivity index (χ4v) is 2.61. The van der Waals surface area contributed by atoms with Crippen LogP contribution in [0.2, 0.25) is 5.02 Å². The largest absolute Gasteiger partial charge is 0.495 e. The fraction of sp³-hybridized carbons (Fsp3) is 0.176. The number of hydrogen-bond donors (Lipinski definition) is 2. The number of carbonyl (C=O) groups excluding carboxylic acids is 2. The van der Waals surface area contributed by atoms with E-state index in [-0.39, 0.29) is 18.4 Å². The van der Waals surface area contributed by atoms with Crippen LogP contribution in [0, 0.1) is 0 Å². The van der Waals surface area contributed by atoms with Crippen LogP contribution in [0.15, 0.2) is 30.3 Å². The van der Waals surface area contributed by atoms with Crippen LogP contribution >= 0.6 is 11.6 Å². The molecule has 0 aromatic heterocycles. The van der Waals surface area contributed by atoms with Gasteiger partial charge < -0.3 is 24.8 Å². The Morgan fingerprint density at radius 2 is 1.96 bits per heavy atom. The molecule has 0 atom stereocenters. The third-order valence-corrected chi connectivity index (χ3v) is 3.89. The van der Waals surface area contributed by atoms with Crippen LogP contribution in [0.5, 0.6) is 17.2 Å². The van der Waals surface area contributed by atoms with Crippen molar-refractivity contribution in [3.05, 3.63) is 40.9 Å². The van der Waals surface area contributed by atoms with Crippen molar-refractivity contribution < 1.29 is 23.8 Å². The third-order valence-electron chi connectivity index (χ3n) is 3.60. The van der Waals surface area contributed by atoms with Gasteiger partial charge >= 0.3 is 0 Å². The highest BCUT2D eigenvalue weighted by Gasteiger charge is 2.19. The van der Waals surface area contributed by atoms with Crippen LogP contribution in [-0.4, -0.2) is 32.6 Å². The van der Waals surface area contributed by atoms with Crippen molar-refractivity contribution in [2.45, 2.75) is 0 Å². The van der Waals surface area contributed by atoms with Crippen LogP contribution < -0.4 is 24.8 Å². The first-order chi connectivity index (χ1) is 12.0. The lowest BCUT2D eigenvalue weighted by Gasteiger charge is -2.18. The Hall–Kier alpha value is -2.93. The molecule has 2 aromatic carbocycles. The smallest absolute Gasteiger partial charge is 0.262 e. The number of halogens is 1. The number of hydrogen-bond acceptors (Lipinski definition) is 5. The molecule has 8 heteroatoms. The lowest BCUT2D eigenvalue weighted by Crippen LogP contribution is -2.25. The number of fused-ring (bicyclic) bond motifs is 1. The minimum Gasteiger partial charge on any atom is -0.495 e. The van der Waals surface area contributed by atoms with Crippen molar-refractivity contribution >= 4 is 34.8 Å². The molecule has 0 unspecified atom stereocenters. The van der Waals surface area contributed by atoms with E-state index in [1.807, 2.05) is 0 Å². The molecule has 1 aliphatic heterocycles. The van der Waals surface area contributed by atoms with E-state index >= 15 is 0 Å². The van der Waals surface area contributed by atoms with Crippen LogP contribution in [0.1, 0.15) is 10.4 Å². The van der Waals surface area contributed by atoms with Gasteiger partial charge in [0.05, 0.1) is 30.6 Å². The quantitative estimate of drug-likeness (QED) is 0.873. The predicted octanol–water partition coefficient (Wildman–Crippen LogP) is 2.94. The number of carbonyl (C=O) groups is 2. The van der Waals surface area contributed by atoms with Crippen molar-refractivity contribution in [1.29, 1.82) is 0 Å². The van der Waals surface area contributed by atoms with E-state index in [1.54, 1.807) is 30.3 Å². The third kappa shape index (κ3) is 3.46. The minimum atomic E-state index is -0.372. The van der Waals surface area contributed by atoms with Gasteiger partial charge in [-0.25, -0.2) is 0 Å². The highest BCUT2D eigenvalue weighted by molar-refractivity contribution is 6.32. The van der Waals surface area contributed by atoms with Crippen LogP contribution in [-0.2, 0) is 4.79 Å². The van der Waals surface area contributed by atoms with Gasteiger partial charge in [-0.3, -0.25) is 9.59 Å². The van der Waals surface area contributed by atoms with Crippen LogP contribution in [0.25, 0.3) is 0 Å². The predicted molar refractivity (Wildman–Crippen MR) is 93.1 cm³/mol. The average molecular weight is 363 g/mol. The maximum Gasteiger partial charge on any atom is 0.262 e. The number of methoxy groups -OCH3 is 2. The van der Waals surface area contributed by atoms with Crippen LogP contribution in [0.4, 0.5) is 11.4 Å². The van der Waals surface area contributed by atoms with E-state index in [0.29, 0.717) is 39.2 Å². The zero-order valence-electron chi connectivity index (χ0n) is 13.5. The summed E-state index contributed by atoms with van der Waals surface area (Å²) >= 11 is 6.10. The summed E-state index contributed by atoms with van der Waals surface area (Å²) in [5.74, 6) is 0.683. The highest BCUT2D eigenvalue weighted by atomic mass is 35.5. The lowest BCUT2D eigenvalue weighted by atomic mass is 10.1. The van der Waals surface area contributed by atoms with E-state index in [2.05, 4.69) is 10.6 Å².